The molecule has 1 amide bonds. The molecule has 0 saturated carbocycles. The largest absolute Gasteiger partial charge is 0.294 e. The SMILES string of the molecule is N#CC1=NN(c2ccccc2)C(=O)CC1CC(=O)c1cc(C#N)cc(C(F)F)c1. The first-order valence-electron chi connectivity index (χ1n) is 8.66. The Morgan fingerprint density at radius 1 is 1.17 bits per heavy atom. The van der Waals surface area contributed by atoms with Crippen LogP contribution in [0.1, 0.15) is 40.8 Å². The number of nitrogens with zero attached hydrogens (tertiary/aromatic N) is 4. The molecule has 3 rings (SSSR count). The average Bonchev–Trinajstić information content (AvgIpc) is 2.74. The molecule has 1 heterocycles. The van der Waals surface area contributed by atoms with Crippen molar-refractivity contribution in [2.24, 2.45) is 11.0 Å². The minimum Gasteiger partial charge on any atom is -0.294 e. The quantitative estimate of drug-likeness (QED) is 0.718. The predicted octanol–water partition coefficient (Wildman–Crippen LogP) is 4.00. The zero-order valence-electron chi connectivity index (χ0n) is 15.0. The normalized spacial score (nSPS) is 16.2. The van der Waals surface area contributed by atoms with Crippen LogP contribution in [0.2, 0.25) is 0 Å². The summed E-state index contributed by atoms with van der Waals surface area (Å²) in [6, 6.07) is 15.5. The highest BCUT2D eigenvalue weighted by Crippen LogP contribution is 2.27. The van der Waals surface area contributed by atoms with E-state index in [1.54, 1.807) is 36.4 Å². The van der Waals surface area contributed by atoms with Gasteiger partial charge in [0.1, 0.15) is 11.8 Å². The van der Waals surface area contributed by atoms with Gasteiger partial charge in [0.25, 0.3) is 6.43 Å². The van der Waals surface area contributed by atoms with Crippen LogP contribution in [0.25, 0.3) is 0 Å². The summed E-state index contributed by atoms with van der Waals surface area (Å²) in [6.07, 6.45) is -3.20. The molecule has 6 nitrogen and oxygen atoms in total. The zero-order valence-corrected chi connectivity index (χ0v) is 15.0. The fourth-order valence-corrected chi connectivity index (χ4v) is 3.04. The number of hydrazone groups is 1. The number of hydrogen-bond acceptors (Lipinski definition) is 5. The second-order valence-electron chi connectivity index (χ2n) is 6.42. The molecular weight excluding hydrogens is 378 g/mol. The van der Waals surface area contributed by atoms with Crippen LogP contribution in [0.4, 0.5) is 14.5 Å². The number of Topliss-reactive ketones (excluding diaryl/α,β-unsaturated/α-hetero) is 1. The molecule has 0 fully saturated rings. The number of carbonyl (C=O) groups is 2. The van der Waals surface area contributed by atoms with Gasteiger partial charge in [-0.25, -0.2) is 8.78 Å². The van der Waals surface area contributed by atoms with Crippen molar-refractivity contribution in [2.75, 3.05) is 5.01 Å². The van der Waals surface area contributed by atoms with Crippen molar-refractivity contribution in [3.05, 3.63) is 65.2 Å². The monoisotopic (exact) mass is 392 g/mol. The lowest BCUT2D eigenvalue weighted by Gasteiger charge is -2.26. The fourth-order valence-electron chi connectivity index (χ4n) is 3.04. The van der Waals surface area contributed by atoms with E-state index in [1.807, 2.05) is 6.07 Å². The molecule has 0 saturated heterocycles. The van der Waals surface area contributed by atoms with Gasteiger partial charge in [0.15, 0.2) is 5.78 Å². The van der Waals surface area contributed by atoms with Crippen LogP contribution in [-0.2, 0) is 4.79 Å². The minimum absolute atomic E-state index is 0.00678. The number of hydrogen-bond donors (Lipinski definition) is 0. The van der Waals surface area contributed by atoms with Crippen LogP contribution < -0.4 is 5.01 Å². The van der Waals surface area contributed by atoms with Crippen LogP contribution >= 0.6 is 0 Å². The smallest absolute Gasteiger partial charge is 0.263 e. The van der Waals surface area contributed by atoms with E-state index in [4.69, 9.17) is 5.26 Å². The average molecular weight is 392 g/mol. The molecule has 1 aliphatic rings. The molecular formula is C21H14F2N4O2. The minimum atomic E-state index is -2.83. The fraction of sp³-hybridized carbons (Fsp3) is 0.190. The van der Waals surface area contributed by atoms with E-state index < -0.39 is 23.7 Å². The first kappa shape index (κ1) is 19.8. The number of para-hydroxylation sites is 1. The van der Waals surface area contributed by atoms with Gasteiger partial charge in [-0.1, -0.05) is 18.2 Å². The van der Waals surface area contributed by atoms with Gasteiger partial charge in [0.2, 0.25) is 5.91 Å². The molecule has 144 valence electrons. The molecule has 2 aromatic carbocycles. The molecule has 0 radical (unpaired) electrons. The van der Waals surface area contributed by atoms with Crippen LogP contribution in [0.5, 0.6) is 0 Å². The third kappa shape index (κ3) is 4.33. The molecule has 0 N–H and O–H groups in total. The maximum atomic E-state index is 13.0. The summed E-state index contributed by atoms with van der Waals surface area (Å²) in [6.45, 7) is 0. The van der Waals surface area contributed by atoms with Crippen LogP contribution in [0, 0.1) is 28.6 Å². The number of halogens is 2. The molecule has 1 atom stereocenters. The topological polar surface area (TPSA) is 97.3 Å². The number of benzene rings is 2. The first-order chi connectivity index (χ1) is 13.9. The Morgan fingerprint density at radius 3 is 2.52 bits per heavy atom. The number of rotatable bonds is 5. The van der Waals surface area contributed by atoms with Gasteiger partial charge in [-0.15, -0.1) is 0 Å². The lowest BCUT2D eigenvalue weighted by Crippen LogP contribution is -2.37. The summed E-state index contributed by atoms with van der Waals surface area (Å²) >= 11 is 0. The Bertz CT molecular complexity index is 1070. The first-order valence-corrected chi connectivity index (χ1v) is 8.66. The molecule has 2 aromatic rings. The maximum absolute atomic E-state index is 13.0. The van der Waals surface area contributed by atoms with Crippen molar-refractivity contribution >= 4 is 23.1 Å². The molecule has 0 aromatic heterocycles. The van der Waals surface area contributed by atoms with Crippen molar-refractivity contribution in [1.82, 2.24) is 0 Å². The van der Waals surface area contributed by atoms with Crippen LogP contribution in [0.3, 0.4) is 0 Å². The summed E-state index contributed by atoms with van der Waals surface area (Å²) < 4.78 is 26.0. The number of carbonyl (C=O) groups excluding carboxylic acids is 2. The lowest BCUT2D eigenvalue weighted by atomic mass is 9.89. The van der Waals surface area contributed by atoms with Gasteiger partial charge in [-0.05, 0) is 30.3 Å². The number of amides is 1. The van der Waals surface area contributed by atoms with E-state index in [2.05, 4.69) is 5.10 Å². The van der Waals surface area contributed by atoms with E-state index in [-0.39, 0.29) is 35.6 Å². The molecule has 1 aliphatic heterocycles. The third-order valence-corrected chi connectivity index (χ3v) is 4.46. The van der Waals surface area contributed by atoms with E-state index in [0.29, 0.717) is 5.69 Å². The van der Waals surface area contributed by atoms with Crippen molar-refractivity contribution in [3.8, 4) is 12.1 Å². The lowest BCUT2D eigenvalue weighted by molar-refractivity contribution is -0.119. The Hall–Kier alpha value is -3.91. The second-order valence-corrected chi connectivity index (χ2v) is 6.42. The van der Waals surface area contributed by atoms with Crippen LogP contribution in [0.15, 0.2) is 53.6 Å². The number of alkyl halides is 2. The highest BCUT2D eigenvalue weighted by molar-refractivity contribution is 6.11. The van der Waals surface area contributed by atoms with Gasteiger partial charge in [-0.3, -0.25) is 9.59 Å². The zero-order chi connectivity index (χ0) is 21.0. The summed E-state index contributed by atoms with van der Waals surface area (Å²) in [4.78, 5) is 25.1. The maximum Gasteiger partial charge on any atom is 0.263 e. The highest BCUT2D eigenvalue weighted by Gasteiger charge is 2.32. The van der Waals surface area contributed by atoms with E-state index >= 15 is 0 Å². The van der Waals surface area contributed by atoms with Crippen molar-refractivity contribution in [2.45, 2.75) is 19.3 Å². The van der Waals surface area contributed by atoms with Gasteiger partial charge in [-0.2, -0.15) is 20.6 Å². The third-order valence-electron chi connectivity index (χ3n) is 4.46. The van der Waals surface area contributed by atoms with E-state index in [1.165, 1.54) is 6.07 Å². The number of ketones is 1. The second kappa shape index (κ2) is 8.41. The predicted molar refractivity (Wildman–Crippen MR) is 100 cm³/mol. The summed E-state index contributed by atoms with van der Waals surface area (Å²) in [5.74, 6) is -1.69. The van der Waals surface area contributed by atoms with Crippen molar-refractivity contribution in [1.29, 1.82) is 10.5 Å². The van der Waals surface area contributed by atoms with Gasteiger partial charge < -0.3 is 0 Å². The van der Waals surface area contributed by atoms with E-state index in [9.17, 15) is 23.6 Å². The molecule has 0 bridgehead atoms. The number of nitriles is 2. The summed E-state index contributed by atoms with van der Waals surface area (Å²) in [7, 11) is 0. The molecule has 8 heteroatoms. The van der Waals surface area contributed by atoms with Crippen LogP contribution in [-0.4, -0.2) is 17.4 Å². The van der Waals surface area contributed by atoms with Gasteiger partial charge >= 0.3 is 0 Å². The molecule has 0 aliphatic carbocycles. The Balaban J connectivity index is 1.86. The highest BCUT2D eigenvalue weighted by atomic mass is 19.3. The summed E-state index contributed by atoms with van der Waals surface area (Å²) in [5.41, 5.74) is -0.0490. The Morgan fingerprint density at radius 2 is 1.90 bits per heavy atom. The van der Waals surface area contributed by atoms with Crippen molar-refractivity contribution in [3.63, 3.8) is 0 Å². The Kier molecular flexibility index (Phi) is 5.75. The van der Waals surface area contributed by atoms with Gasteiger partial charge in [0, 0.05) is 29.9 Å². The Labute approximate surface area is 165 Å². The molecule has 0 spiro atoms. The van der Waals surface area contributed by atoms with Gasteiger partial charge in [0.05, 0.1) is 17.3 Å². The van der Waals surface area contributed by atoms with Crippen molar-refractivity contribution < 1.29 is 18.4 Å². The summed E-state index contributed by atoms with van der Waals surface area (Å²) in [5, 5.41) is 23.6. The molecule has 1 unspecified atom stereocenters. The van der Waals surface area contributed by atoms with E-state index in [0.717, 1.165) is 17.1 Å². The standard InChI is InChI=1S/C21H14F2N4O2/c22-21(23)16-7-13(11-24)6-15(8-16)19(28)9-14-10-20(29)27(26-18(14)12-25)17-4-2-1-3-5-17/h1-8,14,21H,9-10H2. The number of anilines is 1. The molecule has 29 heavy (non-hydrogen) atoms.